The molecular formula is C24H24N4O3S. The standard InChI is InChI=1S/C24H24N4O3S/c1-17(23(29)25-15-18-8-4-3-5-9-18)32-24-27-26-22(19-10-6-11-20(14-19)30-2)28(24)16-21-12-7-13-31-21/h3-14,17H,15-16H2,1-2H3,(H,25,29)/t17-/m1/s1. The molecule has 0 aliphatic rings. The van der Waals surface area contributed by atoms with Gasteiger partial charge in [0.05, 0.1) is 25.2 Å². The van der Waals surface area contributed by atoms with Gasteiger partial charge in [-0.2, -0.15) is 0 Å². The Balaban J connectivity index is 1.54. The van der Waals surface area contributed by atoms with E-state index in [1.807, 2.05) is 78.2 Å². The summed E-state index contributed by atoms with van der Waals surface area (Å²) in [5.74, 6) is 2.13. The Kier molecular flexibility index (Phi) is 6.91. The number of amides is 1. The van der Waals surface area contributed by atoms with Crippen LogP contribution in [0.15, 0.2) is 82.6 Å². The maximum Gasteiger partial charge on any atom is 0.233 e. The van der Waals surface area contributed by atoms with Crippen molar-refractivity contribution in [3.05, 3.63) is 84.3 Å². The molecule has 0 saturated heterocycles. The summed E-state index contributed by atoms with van der Waals surface area (Å²) in [6, 6.07) is 21.2. The number of nitrogens with one attached hydrogen (secondary N) is 1. The average Bonchev–Trinajstić information content (AvgIpc) is 3.49. The van der Waals surface area contributed by atoms with Crippen molar-refractivity contribution in [1.29, 1.82) is 0 Å². The first-order valence-corrected chi connectivity index (χ1v) is 11.1. The molecule has 7 nitrogen and oxygen atoms in total. The molecule has 164 valence electrons. The number of hydrogen-bond acceptors (Lipinski definition) is 6. The van der Waals surface area contributed by atoms with E-state index in [0.717, 1.165) is 22.6 Å². The van der Waals surface area contributed by atoms with E-state index in [-0.39, 0.29) is 11.2 Å². The second kappa shape index (κ2) is 10.2. The van der Waals surface area contributed by atoms with E-state index in [4.69, 9.17) is 9.15 Å². The van der Waals surface area contributed by atoms with Crippen LogP contribution in [0, 0.1) is 0 Å². The van der Waals surface area contributed by atoms with Gasteiger partial charge in [0.1, 0.15) is 11.5 Å². The van der Waals surface area contributed by atoms with Gasteiger partial charge in [0.25, 0.3) is 0 Å². The first-order chi connectivity index (χ1) is 15.6. The summed E-state index contributed by atoms with van der Waals surface area (Å²) in [4.78, 5) is 12.7. The van der Waals surface area contributed by atoms with Gasteiger partial charge in [0.2, 0.25) is 5.91 Å². The van der Waals surface area contributed by atoms with E-state index in [1.54, 1.807) is 13.4 Å². The molecule has 1 amide bonds. The molecule has 8 heteroatoms. The van der Waals surface area contributed by atoms with Crippen molar-refractivity contribution in [3.8, 4) is 17.1 Å². The van der Waals surface area contributed by atoms with Crippen LogP contribution in [0.25, 0.3) is 11.4 Å². The van der Waals surface area contributed by atoms with Gasteiger partial charge in [0, 0.05) is 12.1 Å². The first kappa shape index (κ1) is 21.7. The van der Waals surface area contributed by atoms with Crippen LogP contribution in [0.3, 0.4) is 0 Å². The van der Waals surface area contributed by atoms with Crippen LogP contribution >= 0.6 is 11.8 Å². The van der Waals surface area contributed by atoms with Gasteiger partial charge in [-0.15, -0.1) is 10.2 Å². The summed E-state index contributed by atoms with van der Waals surface area (Å²) < 4.78 is 12.9. The highest BCUT2D eigenvalue weighted by Gasteiger charge is 2.21. The van der Waals surface area contributed by atoms with Crippen molar-refractivity contribution < 1.29 is 13.9 Å². The molecule has 0 bridgehead atoms. The smallest absolute Gasteiger partial charge is 0.233 e. The topological polar surface area (TPSA) is 82.2 Å². The van der Waals surface area contributed by atoms with Crippen molar-refractivity contribution in [3.63, 3.8) is 0 Å². The zero-order valence-corrected chi connectivity index (χ0v) is 18.7. The highest BCUT2D eigenvalue weighted by Crippen LogP contribution is 2.29. The van der Waals surface area contributed by atoms with Gasteiger partial charge < -0.3 is 14.5 Å². The van der Waals surface area contributed by atoms with Crippen molar-refractivity contribution >= 4 is 17.7 Å². The quantitative estimate of drug-likeness (QED) is 0.383. The SMILES string of the molecule is COc1cccc(-c2nnc(S[C@H](C)C(=O)NCc3ccccc3)n2Cc2ccco2)c1. The second-order valence-electron chi connectivity index (χ2n) is 7.17. The highest BCUT2D eigenvalue weighted by molar-refractivity contribution is 8.00. The summed E-state index contributed by atoms with van der Waals surface area (Å²) in [7, 11) is 1.63. The van der Waals surface area contributed by atoms with Crippen LogP contribution in [0.2, 0.25) is 0 Å². The van der Waals surface area contributed by atoms with Crippen LogP contribution in [0.5, 0.6) is 5.75 Å². The molecule has 0 aliphatic heterocycles. The fourth-order valence-corrected chi connectivity index (χ4v) is 4.07. The molecule has 0 radical (unpaired) electrons. The molecule has 4 aromatic rings. The maximum absolute atomic E-state index is 12.7. The van der Waals surface area contributed by atoms with Crippen LogP contribution in [-0.4, -0.2) is 33.0 Å². The van der Waals surface area contributed by atoms with E-state index < -0.39 is 0 Å². The molecule has 2 heterocycles. The summed E-state index contributed by atoms with van der Waals surface area (Å²) in [6.45, 7) is 2.80. The second-order valence-corrected chi connectivity index (χ2v) is 8.48. The maximum atomic E-state index is 12.7. The molecule has 0 unspecified atom stereocenters. The Labute approximate surface area is 190 Å². The zero-order valence-electron chi connectivity index (χ0n) is 17.9. The summed E-state index contributed by atoms with van der Waals surface area (Å²) in [5.41, 5.74) is 1.93. The van der Waals surface area contributed by atoms with Crippen molar-refractivity contribution in [1.82, 2.24) is 20.1 Å². The molecule has 1 atom stereocenters. The molecule has 0 spiro atoms. The number of nitrogens with zero attached hydrogens (tertiary/aromatic N) is 3. The number of carbonyl (C=O) groups is 1. The Morgan fingerprint density at radius 3 is 2.72 bits per heavy atom. The largest absolute Gasteiger partial charge is 0.497 e. The van der Waals surface area contributed by atoms with Gasteiger partial charge in [-0.25, -0.2) is 0 Å². The third kappa shape index (κ3) is 5.20. The number of furan rings is 1. The summed E-state index contributed by atoms with van der Waals surface area (Å²) >= 11 is 1.37. The molecule has 0 saturated carbocycles. The van der Waals surface area contributed by atoms with Gasteiger partial charge in [-0.1, -0.05) is 54.2 Å². The van der Waals surface area contributed by atoms with Crippen LogP contribution in [0.1, 0.15) is 18.2 Å². The van der Waals surface area contributed by atoms with Crippen molar-refractivity contribution in [2.75, 3.05) is 7.11 Å². The molecule has 32 heavy (non-hydrogen) atoms. The number of carbonyl (C=O) groups excluding carboxylic acids is 1. The molecule has 2 aromatic heterocycles. The van der Waals surface area contributed by atoms with Crippen molar-refractivity contribution in [2.45, 2.75) is 30.4 Å². The number of methoxy groups -OCH3 is 1. The number of hydrogen-bond donors (Lipinski definition) is 1. The lowest BCUT2D eigenvalue weighted by Crippen LogP contribution is -2.30. The van der Waals surface area contributed by atoms with E-state index in [0.29, 0.717) is 24.1 Å². The molecular weight excluding hydrogens is 424 g/mol. The number of rotatable bonds is 9. The first-order valence-electron chi connectivity index (χ1n) is 10.2. The predicted molar refractivity (Wildman–Crippen MR) is 123 cm³/mol. The zero-order chi connectivity index (χ0) is 22.3. The molecule has 2 aromatic carbocycles. The summed E-state index contributed by atoms with van der Waals surface area (Å²) in [5, 5.41) is 12.1. The Hall–Kier alpha value is -3.52. The third-order valence-electron chi connectivity index (χ3n) is 4.90. The normalized spacial score (nSPS) is 11.8. The van der Waals surface area contributed by atoms with Gasteiger partial charge >= 0.3 is 0 Å². The fourth-order valence-electron chi connectivity index (χ4n) is 3.19. The van der Waals surface area contributed by atoms with Gasteiger partial charge in [-0.05, 0) is 36.8 Å². The molecule has 0 aliphatic carbocycles. The molecule has 1 N–H and O–H groups in total. The lowest BCUT2D eigenvalue weighted by molar-refractivity contribution is -0.120. The Bertz CT molecular complexity index is 1160. The lowest BCUT2D eigenvalue weighted by Gasteiger charge is -2.13. The van der Waals surface area contributed by atoms with Crippen molar-refractivity contribution in [2.24, 2.45) is 0 Å². The number of ether oxygens (including phenoxy) is 1. The molecule has 0 fully saturated rings. The minimum absolute atomic E-state index is 0.0608. The van der Waals surface area contributed by atoms with E-state index in [1.165, 1.54) is 11.8 Å². The van der Waals surface area contributed by atoms with Gasteiger partial charge in [0.15, 0.2) is 11.0 Å². The Morgan fingerprint density at radius 1 is 1.12 bits per heavy atom. The molecule has 4 rings (SSSR count). The van der Waals surface area contributed by atoms with E-state index in [2.05, 4.69) is 15.5 Å². The highest BCUT2D eigenvalue weighted by atomic mass is 32.2. The number of benzene rings is 2. The summed E-state index contributed by atoms with van der Waals surface area (Å²) in [6.07, 6.45) is 1.64. The monoisotopic (exact) mass is 448 g/mol. The lowest BCUT2D eigenvalue weighted by atomic mass is 10.2. The van der Waals surface area contributed by atoms with E-state index >= 15 is 0 Å². The predicted octanol–water partition coefficient (Wildman–Crippen LogP) is 4.39. The average molecular weight is 449 g/mol. The van der Waals surface area contributed by atoms with E-state index in [9.17, 15) is 4.79 Å². The number of thioether (sulfide) groups is 1. The van der Waals surface area contributed by atoms with Gasteiger partial charge in [-0.3, -0.25) is 9.36 Å². The van der Waals surface area contributed by atoms with Crippen LogP contribution in [0.4, 0.5) is 0 Å². The number of aromatic nitrogens is 3. The Morgan fingerprint density at radius 2 is 1.97 bits per heavy atom. The minimum atomic E-state index is -0.351. The van der Waals surface area contributed by atoms with Crippen LogP contribution in [-0.2, 0) is 17.9 Å². The minimum Gasteiger partial charge on any atom is -0.497 e. The van der Waals surface area contributed by atoms with Crippen LogP contribution < -0.4 is 10.1 Å². The fraction of sp³-hybridized carbons (Fsp3) is 0.208. The third-order valence-corrected chi connectivity index (χ3v) is 5.98.